The van der Waals surface area contributed by atoms with Crippen LogP contribution in [0.3, 0.4) is 0 Å². The van der Waals surface area contributed by atoms with E-state index in [-0.39, 0.29) is 22.6 Å². The van der Waals surface area contributed by atoms with Gasteiger partial charge in [0.05, 0.1) is 22.6 Å². The predicted octanol–water partition coefficient (Wildman–Crippen LogP) is 13.2. The Labute approximate surface area is 463 Å². The van der Waals surface area contributed by atoms with E-state index in [0.717, 1.165) is 107 Å². The van der Waals surface area contributed by atoms with E-state index < -0.39 is 20.0 Å². The fourth-order valence-corrected chi connectivity index (χ4v) is 15.2. The Morgan fingerprint density at radius 3 is 1.36 bits per heavy atom. The minimum Gasteiger partial charge on any atom is -0.364 e. The van der Waals surface area contributed by atoms with Gasteiger partial charge >= 0.3 is 0 Å². The minimum absolute atomic E-state index is 0.111. The molecule has 9 rings (SSSR count). The number of anilines is 2. The normalized spacial score (nSPS) is 21.7. The Balaban J connectivity index is 0.000000199. The Bertz CT molecular complexity index is 2790. The molecule has 0 amide bonds. The van der Waals surface area contributed by atoms with Gasteiger partial charge in [0.25, 0.3) is 0 Å². The molecule has 0 radical (unpaired) electrons. The van der Waals surface area contributed by atoms with E-state index in [1.165, 1.54) is 5.56 Å². The van der Waals surface area contributed by atoms with Crippen LogP contribution in [-0.2, 0) is 26.6 Å². The van der Waals surface area contributed by atoms with E-state index in [0.29, 0.717) is 80.7 Å². The molecule has 0 aliphatic carbocycles. The summed E-state index contributed by atoms with van der Waals surface area (Å²) in [6.07, 6.45) is 8.11. The van der Waals surface area contributed by atoms with Gasteiger partial charge < -0.3 is 15.1 Å². The van der Waals surface area contributed by atoms with Crippen molar-refractivity contribution in [2.75, 3.05) is 62.2 Å². The monoisotopic (exact) mass is 1150 g/mol. The molecule has 0 spiro atoms. The van der Waals surface area contributed by atoms with E-state index in [1.807, 2.05) is 91.0 Å². The van der Waals surface area contributed by atoms with Crippen molar-refractivity contribution in [3.05, 3.63) is 162 Å². The highest BCUT2D eigenvalue weighted by atomic mass is 35.5. The summed E-state index contributed by atoms with van der Waals surface area (Å²) in [5.41, 5.74) is 5.53. The second-order valence-electron chi connectivity index (χ2n) is 19.9. The Morgan fingerprint density at radius 1 is 0.493 bits per heavy atom. The summed E-state index contributed by atoms with van der Waals surface area (Å²) in [5, 5.41) is 6.57. The molecular weight excluding hydrogens is 1090 g/mol. The van der Waals surface area contributed by atoms with Crippen molar-refractivity contribution < 1.29 is 16.8 Å². The van der Waals surface area contributed by atoms with E-state index in [9.17, 15) is 16.8 Å². The van der Waals surface area contributed by atoms with Crippen molar-refractivity contribution in [3.8, 4) is 0 Å². The van der Waals surface area contributed by atoms with Crippen LogP contribution < -0.4 is 24.6 Å². The van der Waals surface area contributed by atoms with Gasteiger partial charge in [0.15, 0.2) is 0 Å². The molecule has 4 fully saturated rings. The zero-order valence-corrected chi connectivity index (χ0v) is 47.1. The van der Waals surface area contributed by atoms with Crippen molar-refractivity contribution >= 4 is 101 Å². The summed E-state index contributed by atoms with van der Waals surface area (Å²) >= 11 is 37.8. The van der Waals surface area contributed by atoms with Crippen LogP contribution in [0.1, 0.15) is 93.0 Å². The number of nitrogens with zero attached hydrogens (tertiary/aromatic N) is 3. The number of likely N-dealkylation sites (tertiary alicyclic amines) is 1. The zero-order valence-electron chi connectivity index (χ0n) is 40.9. The van der Waals surface area contributed by atoms with Gasteiger partial charge in [-0.25, -0.2) is 26.3 Å². The maximum absolute atomic E-state index is 13.1. The molecule has 5 aromatic carbocycles. The van der Waals surface area contributed by atoms with Crippen LogP contribution in [0.5, 0.6) is 0 Å². The second kappa shape index (κ2) is 26.5. The molecule has 73 heavy (non-hydrogen) atoms. The maximum atomic E-state index is 13.1. The highest BCUT2D eigenvalue weighted by molar-refractivity contribution is 7.90. The van der Waals surface area contributed by atoms with Gasteiger partial charge in [0.2, 0.25) is 20.0 Å². The molecule has 5 aromatic rings. The first-order chi connectivity index (χ1) is 35.1. The Kier molecular flexibility index (Phi) is 20.5. The molecule has 4 atom stereocenters. The molecular formula is C55H66Cl6N6O4S2. The molecule has 0 aromatic heterocycles. The van der Waals surface area contributed by atoms with Gasteiger partial charge in [-0.3, -0.25) is 4.90 Å². The summed E-state index contributed by atoms with van der Waals surface area (Å²) in [6.45, 7) is 6.55. The summed E-state index contributed by atoms with van der Waals surface area (Å²) < 4.78 is 57.4. The molecule has 0 bridgehead atoms. The molecule has 4 aliphatic heterocycles. The third kappa shape index (κ3) is 15.7. The highest BCUT2D eigenvalue weighted by Gasteiger charge is 2.35. The largest absolute Gasteiger partial charge is 0.364 e. The molecule has 4 heterocycles. The van der Waals surface area contributed by atoms with Gasteiger partial charge in [0.1, 0.15) is 0 Å². The van der Waals surface area contributed by atoms with Crippen LogP contribution in [0.2, 0.25) is 30.1 Å². The number of nitrogens with one attached hydrogen (secondary N) is 3. The number of benzene rings is 5. The predicted molar refractivity (Wildman–Crippen MR) is 305 cm³/mol. The van der Waals surface area contributed by atoms with Crippen LogP contribution in [0.4, 0.5) is 11.4 Å². The number of rotatable bonds is 16. The van der Waals surface area contributed by atoms with Crippen LogP contribution in [0.15, 0.2) is 115 Å². The molecule has 3 N–H and O–H groups in total. The Morgan fingerprint density at radius 2 is 0.918 bits per heavy atom. The molecule has 4 aliphatic rings. The molecule has 1 unspecified atom stereocenters. The van der Waals surface area contributed by atoms with Crippen molar-refractivity contribution in [1.82, 2.24) is 19.7 Å². The third-order valence-corrected chi connectivity index (χ3v) is 20.5. The second-order valence-corrected chi connectivity index (χ2v) is 26.5. The summed E-state index contributed by atoms with van der Waals surface area (Å²) in [6, 6.07) is 37.7. The first kappa shape index (κ1) is 56.4. The molecule has 0 saturated carbocycles. The van der Waals surface area contributed by atoms with E-state index in [1.54, 1.807) is 12.1 Å². The smallest absolute Gasteiger partial charge is 0.214 e. The number of hydrogen-bond donors (Lipinski definition) is 3. The average molecular weight is 1150 g/mol. The summed E-state index contributed by atoms with van der Waals surface area (Å²) in [4.78, 5) is 7.08. The lowest BCUT2D eigenvalue weighted by atomic mass is 9.86. The topological polar surface area (TPSA) is 114 Å². The third-order valence-electron chi connectivity index (χ3n) is 15.0. The van der Waals surface area contributed by atoms with Crippen LogP contribution in [0.25, 0.3) is 0 Å². The number of piperidine rings is 4. The van der Waals surface area contributed by atoms with Crippen LogP contribution >= 0.6 is 69.6 Å². The summed E-state index contributed by atoms with van der Waals surface area (Å²) in [5.74, 6) is 0.729. The summed E-state index contributed by atoms with van der Waals surface area (Å²) in [7, 11) is -6.62. The minimum atomic E-state index is -3.35. The number of halogens is 6. The van der Waals surface area contributed by atoms with E-state index in [4.69, 9.17) is 69.6 Å². The SMILES string of the molecule is O=S(=O)(NCCC1CC[C@@H](c2ccc(Cl)cc2Cl)N(c2ccc(Cl)cc2)C1)C1CCN(Cc2ccccc2)CC1.O=S(=O)(NCC[C@@H]1CC[C@@H](c2ccc(Cl)cc2Cl)N(c2ccc(Cl)cc2)C1)C1CCNCC1. The zero-order chi connectivity index (χ0) is 51.5. The van der Waals surface area contributed by atoms with Gasteiger partial charge in [-0.1, -0.05) is 112 Å². The molecule has 10 nitrogen and oxygen atoms in total. The van der Waals surface area contributed by atoms with Gasteiger partial charge in [0, 0.05) is 74.2 Å². The Hall–Kier alpha value is -2.82. The van der Waals surface area contributed by atoms with Gasteiger partial charge in [-0.2, -0.15) is 0 Å². The van der Waals surface area contributed by atoms with Crippen molar-refractivity contribution in [2.24, 2.45) is 11.8 Å². The quantitative estimate of drug-likeness (QED) is 0.0895. The lowest BCUT2D eigenvalue weighted by molar-refractivity contribution is 0.221. The maximum Gasteiger partial charge on any atom is 0.214 e. The van der Waals surface area contributed by atoms with Gasteiger partial charge in [-0.05, 0) is 192 Å². The van der Waals surface area contributed by atoms with E-state index in [2.05, 4.69) is 41.6 Å². The van der Waals surface area contributed by atoms with E-state index >= 15 is 0 Å². The number of hydrogen-bond acceptors (Lipinski definition) is 8. The lowest BCUT2D eigenvalue weighted by Gasteiger charge is -2.42. The molecule has 18 heteroatoms. The van der Waals surface area contributed by atoms with Crippen LogP contribution in [-0.4, -0.2) is 84.6 Å². The average Bonchev–Trinajstić information content (AvgIpc) is 3.38. The first-order valence-electron chi connectivity index (χ1n) is 25.5. The van der Waals surface area contributed by atoms with Gasteiger partial charge in [-0.15, -0.1) is 0 Å². The fourth-order valence-electron chi connectivity index (χ4n) is 11.0. The molecule has 4 saturated heterocycles. The highest BCUT2D eigenvalue weighted by Crippen LogP contribution is 2.43. The van der Waals surface area contributed by atoms with Crippen molar-refractivity contribution in [2.45, 2.75) is 93.3 Å². The lowest BCUT2D eigenvalue weighted by Crippen LogP contribution is -2.44. The fraction of sp³-hybridized carbons (Fsp3) is 0.455. The number of sulfonamides is 2. The van der Waals surface area contributed by atoms with Crippen molar-refractivity contribution in [1.29, 1.82) is 0 Å². The van der Waals surface area contributed by atoms with Crippen LogP contribution in [0, 0.1) is 11.8 Å². The first-order valence-corrected chi connectivity index (χ1v) is 30.9. The standard InChI is InChI=1S/C31H36Cl3N3O2S.C24H30Cl3N3O2S/c32-25-7-10-27(11-8-25)37-22-24(6-13-31(37)29-12-9-26(33)20-30(29)34)14-17-35-40(38,39)28-15-18-36(19-16-28)21-23-4-2-1-3-5-23;25-18-2-5-20(6-3-18)30-16-17(1-8-24(30)22-7-4-19(26)15-23(22)27)9-14-29-33(31,32)21-10-12-28-13-11-21/h1-5,7-12,20,24,28,31,35H,6,13-19,21-22H2;2-7,15,17,21,24,28-29H,1,8-14,16H2/t24?,31-;17-,24-/m00/s1. The molecule has 394 valence electrons. The van der Waals surface area contributed by atoms with Crippen molar-refractivity contribution in [3.63, 3.8) is 0 Å².